The Morgan fingerprint density at radius 2 is 1.76 bits per heavy atom. The second-order valence-corrected chi connectivity index (χ2v) is 10.9. The quantitative estimate of drug-likeness (QED) is 0.142. The van der Waals surface area contributed by atoms with Crippen LogP contribution in [0.3, 0.4) is 0 Å². The number of nitrogens with zero attached hydrogens (tertiary/aromatic N) is 2. The number of halogens is 2. The van der Waals surface area contributed by atoms with Gasteiger partial charge in [-0.1, -0.05) is 65.7 Å². The van der Waals surface area contributed by atoms with Crippen molar-refractivity contribution in [3.8, 4) is 22.6 Å². The molecule has 9 nitrogen and oxygen atoms in total. The van der Waals surface area contributed by atoms with Crippen LogP contribution in [-0.4, -0.2) is 39.1 Å². The lowest BCUT2D eigenvalue weighted by molar-refractivity contribution is -0.140. The third-order valence-corrected chi connectivity index (χ3v) is 7.87. The summed E-state index contributed by atoms with van der Waals surface area (Å²) in [6.45, 7) is 1.99. The summed E-state index contributed by atoms with van der Waals surface area (Å²) in [4.78, 5) is 11.4. The molecule has 1 atom stereocenters. The fourth-order valence-electron chi connectivity index (χ4n) is 4.38. The topological polar surface area (TPSA) is 127 Å². The van der Waals surface area contributed by atoms with Crippen LogP contribution < -0.4 is 14.8 Å². The number of benzene rings is 4. The highest BCUT2D eigenvalue weighted by Gasteiger charge is 2.18. The number of aliphatic hydroxyl groups excluding tert-OH is 1. The number of aliphatic hydroxyl groups is 1. The zero-order valence-corrected chi connectivity index (χ0v) is 24.9. The summed E-state index contributed by atoms with van der Waals surface area (Å²) in [6.07, 6.45) is 0. The molecule has 0 saturated heterocycles. The molecule has 1 unspecified atom stereocenters. The van der Waals surface area contributed by atoms with Crippen LogP contribution in [0.1, 0.15) is 22.3 Å². The fraction of sp³-hybridized carbons (Fsp3) is 0.194. The highest BCUT2D eigenvalue weighted by molar-refractivity contribution is 9.10. The number of aromatic nitrogens is 2. The fourth-order valence-corrected chi connectivity index (χ4v) is 5.23. The minimum absolute atomic E-state index is 0.0865. The molecule has 0 bridgehead atoms. The lowest BCUT2D eigenvalue weighted by Crippen LogP contribution is -2.39. The molecule has 3 N–H and O–H groups in total. The van der Waals surface area contributed by atoms with Crippen molar-refractivity contribution in [3.05, 3.63) is 105 Å². The molecule has 1 heterocycles. The summed E-state index contributed by atoms with van der Waals surface area (Å²) < 4.78 is 18.0. The number of aryl methyl sites for hydroxylation is 1. The van der Waals surface area contributed by atoms with Crippen LogP contribution in [0, 0.1) is 6.92 Å². The zero-order valence-electron chi connectivity index (χ0n) is 22.5. The van der Waals surface area contributed by atoms with Crippen molar-refractivity contribution in [2.75, 3.05) is 6.61 Å². The Labute approximate surface area is 255 Å². The number of nitrogens with one attached hydrogen (secondary N) is 1. The number of carbonyl (C=O) groups is 1. The van der Waals surface area contributed by atoms with Crippen molar-refractivity contribution in [2.45, 2.75) is 32.7 Å². The van der Waals surface area contributed by atoms with Crippen molar-refractivity contribution >= 4 is 44.5 Å². The van der Waals surface area contributed by atoms with E-state index >= 15 is 0 Å². The first-order chi connectivity index (χ1) is 20.3. The Kier molecular flexibility index (Phi) is 9.38. The minimum Gasteiger partial charge on any atom is -0.488 e. The van der Waals surface area contributed by atoms with Gasteiger partial charge in [-0.2, -0.15) is 0 Å². The van der Waals surface area contributed by atoms with Gasteiger partial charge in [0, 0.05) is 28.2 Å². The number of carboxylic acid groups (broad SMARTS) is 1. The van der Waals surface area contributed by atoms with Crippen molar-refractivity contribution in [1.29, 1.82) is 0 Å². The zero-order chi connectivity index (χ0) is 29.6. The molecule has 0 aliphatic rings. The first kappa shape index (κ1) is 29.5. The predicted molar refractivity (Wildman–Crippen MR) is 162 cm³/mol. The number of hydrogen-bond donors (Lipinski definition) is 3. The smallest absolute Gasteiger partial charge is 0.323 e. The van der Waals surface area contributed by atoms with E-state index in [1.807, 2.05) is 36.4 Å². The van der Waals surface area contributed by atoms with Gasteiger partial charge in [-0.15, -0.1) is 0 Å². The average molecular weight is 653 g/mol. The van der Waals surface area contributed by atoms with Crippen LogP contribution in [0.5, 0.6) is 11.5 Å². The Hall–Kier alpha value is -3.96. The van der Waals surface area contributed by atoms with Gasteiger partial charge in [-0.25, -0.2) is 4.63 Å². The molecule has 0 saturated carbocycles. The first-order valence-electron chi connectivity index (χ1n) is 13.0. The van der Waals surface area contributed by atoms with E-state index in [1.165, 1.54) is 5.56 Å². The van der Waals surface area contributed by atoms with Crippen molar-refractivity contribution in [2.24, 2.45) is 0 Å². The van der Waals surface area contributed by atoms with Crippen LogP contribution >= 0.6 is 27.5 Å². The van der Waals surface area contributed by atoms with Gasteiger partial charge in [0.05, 0.1) is 11.6 Å². The summed E-state index contributed by atoms with van der Waals surface area (Å²) in [5.41, 5.74) is 6.89. The molecule has 0 spiro atoms. The first-order valence-corrected chi connectivity index (χ1v) is 14.2. The van der Waals surface area contributed by atoms with Crippen molar-refractivity contribution in [3.63, 3.8) is 0 Å². The number of hydrogen-bond acceptors (Lipinski definition) is 8. The van der Waals surface area contributed by atoms with Crippen LogP contribution in [0.15, 0.2) is 81.9 Å². The molecular formula is C31H27BrClN3O6. The van der Waals surface area contributed by atoms with E-state index in [9.17, 15) is 15.0 Å². The Balaban J connectivity index is 1.39. The molecule has 0 fully saturated rings. The Bertz CT molecular complexity index is 1730. The highest BCUT2D eigenvalue weighted by Crippen LogP contribution is 2.36. The van der Waals surface area contributed by atoms with E-state index in [4.69, 9.17) is 25.7 Å². The molecule has 5 rings (SSSR count). The van der Waals surface area contributed by atoms with Crippen LogP contribution in [-0.2, 0) is 24.6 Å². The summed E-state index contributed by atoms with van der Waals surface area (Å²) in [7, 11) is 0. The van der Waals surface area contributed by atoms with E-state index < -0.39 is 18.6 Å². The summed E-state index contributed by atoms with van der Waals surface area (Å²) >= 11 is 10.4. The normalized spacial score (nSPS) is 11.9. The van der Waals surface area contributed by atoms with E-state index in [0.717, 1.165) is 26.7 Å². The van der Waals surface area contributed by atoms with E-state index in [-0.39, 0.29) is 19.8 Å². The Morgan fingerprint density at radius 1 is 0.976 bits per heavy atom. The van der Waals surface area contributed by atoms with Gasteiger partial charge < -0.3 is 19.7 Å². The largest absolute Gasteiger partial charge is 0.488 e. The molecular weight excluding hydrogens is 626 g/mol. The van der Waals surface area contributed by atoms with Gasteiger partial charge in [0.15, 0.2) is 0 Å². The summed E-state index contributed by atoms with van der Waals surface area (Å²) in [6, 6.07) is 21.9. The molecule has 0 aliphatic carbocycles. The molecule has 0 amide bonds. The van der Waals surface area contributed by atoms with Crippen LogP contribution in [0.25, 0.3) is 22.2 Å². The van der Waals surface area contributed by atoms with Gasteiger partial charge >= 0.3 is 5.97 Å². The predicted octanol–water partition coefficient (Wildman–Crippen LogP) is 6.31. The third-order valence-electron chi connectivity index (χ3n) is 6.64. The average Bonchev–Trinajstić information content (AvgIpc) is 3.45. The maximum atomic E-state index is 11.4. The standard InChI is InChI=1S/C31H27BrClN3O6/c1-18-4-2-5-20(10-18)23-7-3-6-21(30(23)32)17-41-29-13-28(22(12-24(29)33)14-34-27(15-37)31(38)39)40-16-19-8-9-25-26(11-19)36-42-35-25/h2-13,27,34,37H,14-17H2,1H3,(H,38,39). The number of aliphatic carboxylic acids is 1. The van der Waals surface area contributed by atoms with Gasteiger partial charge in [-0.05, 0) is 68.1 Å². The molecule has 5 aromatic rings. The SMILES string of the molecule is Cc1cccc(-c2cccc(COc3cc(OCc4ccc5nonc5c4)c(CNC(CO)C(=O)O)cc3Cl)c2Br)c1. The third kappa shape index (κ3) is 6.91. The van der Waals surface area contributed by atoms with Crippen LogP contribution in [0.2, 0.25) is 5.02 Å². The van der Waals surface area contributed by atoms with E-state index in [0.29, 0.717) is 33.1 Å². The number of fused-ring (bicyclic) bond motifs is 1. The molecule has 11 heteroatoms. The lowest BCUT2D eigenvalue weighted by atomic mass is 10.0. The molecule has 0 radical (unpaired) electrons. The maximum Gasteiger partial charge on any atom is 0.323 e. The van der Waals surface area contributed by atoms with Crippen molar-refractivity contribution < 1.29 is 29.1 Å². The van der Waals surface area contributed by atoms with Gasteiger partial charge in [0.1, 0.15) is 41.8 Å². The molecule has 1 aromatic heterocycles. The van der Waals surface area contributed by atoms with Gasteiger partial charge in [0.2, 0.25) is 0 Å². The number of rotatable bonds is 12. The lowest BCUT2D eigenvalue weighted by Gasteiger charge is -2.18. The number of carboxylic acids is 1. The minimum atomic E-state index is -1.17. The molecule has 0 aliphatic heterocycles. The van der Waals surface area contributed by atoms with E-state index in [1.54, 1.807) is 18.2 Å². The second kappa shape index (κ2) is 13.3. The van der Waals surface area contributed by atoms with Gasteiger partial charge in [0.25, 0.3) is 0 Å². The molecule has 4 aromatic carbocycles. The van der Waals surface area contributed by atoms with E-state index in [2.05, 4.69) is 56.7 Å². The monoisotopic (exact) mass is 651 g/mol. The number of ether oxygens (including phenoxy) is 2. The Morgan fingerprint density at radius 3 is 2.55 bits per heavy atom. The summed E-state index contributed by atoms with van der Waals surface area (Å²) in [5, 5.41) is 29.6. The van der Waals surface area contributed by atoms with Crippen molar-refractivity contribution in [1.82, 2.24) is 15.6 Å². The van der Waals surface area contributed by atoms with Gasteiger partial charge in [-0.3, -0.25) is 10.1 Å². The maximum absolute atomic E-state index is 11.4. The van der Waals surface area contributed by atoms with Crippen LogP contribution in [0.4, 0.5) is 0 Å². The highest BCUT2D eigenvalue weighted by atomic mass is 79.9. The molecule has 216 valence electrons. The second-order valence-electron chi connectivity index (χ2n) is 9.66. The summed E-state index contributed by atoms with van der Waals surface area (Å²) in [5.74, 6) is -0.328. The molecule has 42 heavy (non-hydrogen) atoms.